The predicted octanol–water partition coefficient (Wildman–Crippen LogP) is 4.64. The van der Waals surface area contributed by atoms with E-state index in [2.05, 4.69) is 31.9 Å². The lowest BCUT2D eigenvalue weighted by Crippen LogP contribution is -2.50. The second kappa shape index (κ2) is 10.2. The van der Waals surface area contributed by atoms with E-state index < -0.39 is 57.3 Å². The number of rotatable bonds is 6. The van der Waals surface area contributed by atoms with E-state index >= 15 is 0 Å². The second-order valence-electron chi connectivity index (χ2n) is 8.37. The van der Waals surface area contributed by atoms with E-state index in [4.69, 9.17) is 11.6 Å². The number of benzene rings is 2. The molecule has 0 radical (unpaired) electrons. The van der Waals surface area contributed by atoms with E-state index in [-0.39, 0.29) is 25.8 Å². The van der Waals surface area contributed by atoms with Gasteiger partial charge in [0.15, 0.2) is 0 Å². The number of hydrogen-bond acceptors (Lipinski definition) is 7. The van der Waals surface area contributed by atoms with Crippen molar-refractivity contribution in [2.24, 2.45) is 11.8 Å². The summed E-state index contributed by atoms with van der Waals surface area (Å²) in [5.74, 6) is -3.72. The van der Waals surface area contributed by atoms with Crippen LogP contribution in [0.25, 0.3) is 0 Å². The van der Waals surface area contributed by atoms with Gasteiger partial charge in [-0.2, -0.15) is 5.01 Å². The molecule has 4 rings (SSSR count). The van der Waals surface area contributed by atoms with Gasteiger partial charge >= 0.3 is 0 Å². The number of carbonyl (C=O) groups is 3. The number of fused-ring (bicyclic) bond motifs is 1. The van der Waals surface area contributed by atoms with Gasteiger partial charge in [-0.1, -0.05) is 55.6 Å². The maximum Gasteiger partial charge on any atom is 0.282 e. The second-order valence-corrected chi connectivity index (χ2v) is 11.2. The first-order valence-corrected chi connectivity index (χ1v) is 12.9. The molecule has 1 aliphatic carbocycles. The van der Waals surface area contributed by atoms with Gasteiger partial charge in [0.25, 0.3) is 29.1 Å². The third-order valence-electron chi connectivity index (χ3n) is 6.26. The van der Waals surface area contributed by atoms with Crippen LogP contribution in [0, 0.1) is 32.1 Å². The van der Waals surface area contributed by atoms with Crippen molar-refractivity contribution in [2.75, 3.05) is 0 Å². The molecule has 0 spiro atoms. The Morgan fingerprint density at radius 3 is 2.08 bits per heavy atom. The molecule has 2 aromatic rings. The Bertz CT molecular complexity index is 1260. The topological polar surface area (TPSA) is 144 Å². The Kier molecular flexibility index (Phi) is 7.43. The third kappa shape index (κ3) is 4.74. The Balaban J connectivity index is 1.82. The molecule has 0 N–H and O–H groups in total. The number of halogens is 3. The van der Waals surface area contributed by atoms with Crippen LogP contribution in [-0.2, 0) is 16.1 Å². The molecule has 188 valence electrons. The van der Waals surface area contributed by atoms with Crippen LogP contribution in [0.15, 0.2) is 42.5 Å². The van der Waals surface area contributed by atoms with Gasteiger partial charge in [-0.25, -0.2) is 5.01 Å². The number of carbonyl (C=O) groups excluding carboxylic acids is 3. The van der Waals surface area contributed by atoms with Gasteiger partial charge in [0.1, 0.15) is 5.56 Å². The average molecular weight is 645 g/mol. The number of para-hydroxylation sites is 1. The van der Waals surface area contributed by atoms with E-state index in [0.29, 0.717) is 17.9 Å². The summed E-state index contributed by atoms with van der Waals surface area (Å²) >= 11 is 12.9. The van der Waals surface area contributed by atoms with Crippen molar-refractivity contribution < 1.29 is 24.2 Å². The highest BCUT2D eigenvalue weighted by molar-refractivity contribution is 9.12. The monoisotopic (exact) mass is 642 g/mol. The zero-order valence-corrected chi connectivity index (χ0v) is 22.2. The molecule has 11 nitrogen and oxygen atoms in total. The molecule has 4 atom stereocenters. The molecule has 14 heteroatoms. The molecule has 2 fully saturated rings. The number of hydrogen-bond donors (Lipinski definition) is 0. The van der Waals surface area contributed by atoms with Crippen LogP contribution < -0.4 is 0 Å². The van der Waals surface area contributed by atoms with Crippen LogP contribution in [0.3, 0.4) is 0 Å². The summed E-state index contributed by atoms with van der Waals surface area (Å²) in [4.78, 5) is 62.2. The Morgan fingerprint density at radius 2 is 1.53 bits per heavy atom. The van der Waals surface area contributed by atoms with E-state index in [0.717, 1.165) is 17.1 Å². The number of hydrazine groups is 1. The van der Waals surface area contributed by atoms with E-state index in [1.807, 2.05) is 0 Å². The molecular weight excluding hydrogens is 628 g/mol. The van der Waals surface area contributed by atoms with Gasteiger partial charge in [0.2, 0.25) is 0 Å². The Labute approximate surface area is 225 Å². The fraction of sp³-hybridized carbons (Fsp3) is 0.318. The molecule has 1 saturated carbocycles. The zero-order chi connectivity index (χ0) is 26.3. The lowest BCUT2D eigenvalue weighted by molar-refractivity contribution is -0.385. The summed E-state index contributed by atoms with van der Waals surface area (Å²) in [5.41, 5.74) is -1.34. The SMILES string of the molecule is O=C(c1ccccc1[N+](=O)[O-])N(Cc1ccc(Cl)cc1[N+](=O)[O-])N1C(=O)[C@H]2C[C@@H](Br)[C@@H](Br)C[C@H]2C1=O. The highest BCUT2D eigenvalue weighted by Gasteiger charge is 2.55. The Morgan fingerprint density at radius 1 is 0.972 bits per heavy atom. The van der Waals surface area contributed by atoms with Gasteiger partial charge in [-0.05, 0) is 31.0 Å². The van der Waals surface area contributed by atoms with E-state index in [1.54, 1.807) is 0 Å². The van der Waals surface area contributed by atoms with Crippen molar-refractivity contribution in [2.45, 2.75) is 29.0 Å². The molecule has 0 bridgehead atoms. The highest BCUT2D eigenvalue weighted by atomic mass is 79.9. The Hall–Kier alpha value is -2.90. The third-order valence-corrected chi connectivity index (χ3v) is 9.23. The summed E-state index contributed by atoms with van der Waals surface area (Å²) in [7, 11) is 0. The van der Waals surface area contributed by atoms with E-state index in [9.17, 15) is 34.6 Å². The van der Waals surface area contributed by atoms with Crippen molar-refractivity contribution in [1.82, 2.24) is 10.0 Å². The minimum atomic E-state index is -1.02. The van der Waals surface area contributed by atoms with Crippen molar-refractivity contribution in [1.29, 1.82) is 0 Å². The van der Waals surface area contributed by atoms with Gasteiger partial charge in [0, 0.05) is 26.8 Å². The number of alkyl halides is 2. The fourth-order valence-corrected chi connectivity index (χ4v) is 5.91. The van der Waals surface area contributed by atoms with Crippen LogP contribution in [0.2, 0.25) is 5.02 Å². The fourth-order valence-electron chi connectivity index (χ4n) is 4.50. The van der Waals surface area contributed by atoms with Crippen molar-refractivity contribution in [3.05, 3.63) is 78.8 Å². The normalized spacial score (nSPS) is 23.4. The van der Waals surface area contributed by atoms with Crippen LogP contribution in [0.4, 0.5) is 11.4 Å². The summed E-state index contributed by atoms with van der Waals surface area (Å²) in [5, 5.41) is 24.8. The quantitative estimate of drug-likeness (QED) is 0.193. The first kappa shape index (κ1) is 26.2. The first-order valence-electron chi connectivity index (χ1n) is 10.6. The molecule has 0 unspecified atom stereocenters. The van der Waals surface area contributed by atoms with Crippen molar-refractivity contribution in [3.8, 4) is 0 Å². The predicted molar refractivity (Wildman–Crippen MR) is 135 cm³/mol. The van der Waals surface area contributed by atoms with Gasteiger partial charge in [-0.3, -0.25) is 34.6 Å². The molecule has 36 heavy (non-hydrogen) atoms. The lowest BCUT2D eigenvalue weighted by Gasteiger charge is -2.30. The van der Waals surface area contributed by atoms with Gasteiger partial charge in [-0.15, -0.1) is 0 Å². The molecule has 1 saturated heterocycles. The van der Waals surface area contributed by atoms with Crippen LogP contribution in [0.5, 0.6) is 0 Å². The van der Waals surface area contributed by atoms with Gasteiger partial charge in [0.05, 0.1) is 33.8 Å². The van der Waals surface area contributed by atoms with Crippen LogP contribution >= 0.6 is 43.5 Å². The molecule has 3 amide bonds. The average Bonchev–Trinajstić information content (AvgIpc) is 3.07. The molecular formula is C22H17Br2ClN4O7. The van der Waals surface area contributed by atoms with Crippen LogP contribution in [0.1, 0.15) is 28.8 Å². The maximum atomic E-state index is 13.7. The smallest absolute Gasteiger partial charge is 0.272 e. The molecule has 1 aliphatic heterocycles. The lowest BCUT2D eigenvalue weighted by atomic mass is 9.81. The molecule has 1 heterocycles. The minimum Gasteiger partial charge on any atom is -0.272 e. The van der Waals surface area contributed by atoms with Gasteiger partial charge < -0.3 is 0 Å². The molecule has 0 aromatic heterocycles. The first-order chi connectivity index (χ1) is 17.0. The summed E-state index contributed by atoms with van der Waals surface area (Å²) < 4.78 is 0. The summed E-state index contributed by atoms with van der Waals surface area (Å²) in [6.45, 7) is -0.565. The largest absolute Gasteiger partial charge is 0.282 e. The number of amides is 3. The number of nitro groups is 2. The minimum absolute atomic E-state index is 0.0106. The number of imide groups is 1. The molecule has 2 aromatic carbocycles. The van der Waals surface area contributed by atoms with Crippen LogP contribution in [-0.4, -0.2) is 47.2 Å². The summed E-state index contributed by atoms with van der Waals surface area (Å²) in [6.07, 6.45) is 0.659. The number of nitrogens with zero attached hydrogens (tertiary/aromatic N) is 4. The van der Waals surface area contributed by atoms with Crippen molar-refractivity contribution >= 4 is 72.6 Å². The van der Waals surface area contributed by atoms with Crippen molar-refractivity contribution in [3.63, 3.8) is 0 Å². The highest BCUT2D eigenvalue weighted by Crippen LogP contribution is 2.44. The molecule has 2 aliphatic rings. The zero-order valence-electron chi connectivity index (χ0n) is 18.3. The van der Waals surface area contributed by atoms with E-state index in [1.165, 1.54) is 30.3 Å². The summed E-state index contributed by atoms with van der Waals surface area (Å²) in [6, 6.07) is 8.86. The maximum absolute atomic E-state index is 13.7. The number of nitro benzene ring substituents is 2. The standard InChI is InChI=1S/C22H17Br2ClN4O7/c23-16-8-14-15(9-17(16)24)22(32)27(21(14)31)26(10-11-5-6-12(25)7-19(11)29(35)36)20(30)13-3-1-2-4-18(13)28(33)34/h1-7,14-17H,8-10H2/t14-,15+,16+,17-.